The van der Waals surface area contributed by atoms with Crippen LogP contribution in [-0.2, 0) is 9.59 Å². The van der Waals surface area contributed by atoms with Gasteiger partial charge in [0.2, 0.25) is 6.79 Å². The van der Waals surface area contributed by atoms with E-state index in [0.717, 1.165) is 5.56 Å². The summed E-state index contributed by atoms with van der Waals surface area (Å²) in [5.74, 6) is 0.205. The van der Waals surface area contributed by atoms with E-state index in [4.69, 9.17) is 14.2 Å². The average Bonchev–Trinajstić information content (AvgIpc) is 3.31. The second-order valence-electron chi connectivity index (χ2n) is 7.80. The lowest BCUT2D eigenvalue weighted by Crippen LogP contribution is -2.30. The highest BCUT2D eigenvalue weighted by atomic mass is 16.7. The van der Waals surface area contributed by atoms with E-state index in [9.17, 15) is 14.7 Å². The van der Waals surface area contributed by atoms with Gasteiger partial charge in [-0.1, -0.05) is 19.1 Å². The Morgan fingerprint density at radius 2 is 1.84 bits per heavy atom. The fraction of sp³-hybridized carbons (Fsp3) is 0.333. The molecule has 0 spiro atoms. The van der Waals surface area contributed by atoms with E-state index in [1.807, 2.05) is 45.0 Å². The summed E-state index contributed by atoms with van der Waals surface area (Å²) in [6, 6.07) is 11.5. The Morgan fingerprint density at radius 1 is 1.13 bits per heavy atom. The summed E-state index contributed by atoms with van der Waals surface area (Å²) in [6.07, 6.45) is 0.713. The smallest absolute Gasteiger partial charge is 0.295 e. The first-order chi connectivity index (χ1) is 14.9. The van der Waals surface area contributed by atoms with Crippen LogP contribution in [0.5, 0.6) is 17.2 Å². The van der Waals surface area contributed by atoms with Crippen LogP contribution in [0.25, 0.3) is 5.76 Å². The summed E-state index contributed by atoms with van der Waals surface area (Å²) >= 11 is 0. The third-order valence-corrected chi connectivity index (χ3v) is 5.22. The van der Waals surface area contributed by atoms with Gasteiger partial charge in [0, 0.05) is 12.1 Å². The summed E-state index contributed by atoms with van der Waals surface area (Å²) in [5, 5.41) is 11.1. The van der Waals surface area contributed by atoms with Crippen LogP contribution in [0.2, 0.25) is 0 Å². The predicted octanol–water partition coefficient (Wildman–Crippen LogP) is 4.03. The van der Waals surface area contributed by atoms with Crippen molar-refractivity contribution in [2.75, 3.05) is 13.3 Å². The van der Waals surface area contributed by atoms with Crippen LogP contribution >= 0.6 is 0 Å². The van der Waals surface area contributed by atoms with Crippen molar-refractivity contribution in [2.45, 2.75) is 39.3 Å². The lowest BCUT2D eigenvalue weighted by Gasteiger charge is -2.25. The largest absolute Gasteiger partial charge is 0.507 e. The molecule has 2 heterocycles. The van der Waals surface area contributed by atoms with Crippen molar-refractivity contribution in [3.8, 4) is 17.2 Å². The average molecular weight is 423 g/mol. The number of fused-ring (bicyclic) bond motifs is 1. The minimum Gasteiger partial charge on any atom is -0.507 e. The molecule has 1 saturated heterocycles. The summed E-state index contributed by atoms with van der Waals surface area (Å²) in [7, 11) is 0. The number of likely N-dealkylation sites (tertiary alicyclic amines) is 1. The number of aliphatic hydroxyl groups is 1. The fourth-order valence-electron chi connectivity index (χ4n) is 3.90. The zero-order valence-corrected chi connectivity index (χ0v) is 17.8. The SMILES string of the molecule is CCCN1C(=O)C(=O)/C(=C(\O)c2ccc3c(c2)OCO3)C1c1ccc(OC(C)C)cc1. The molecule has 1 atom stereocenters. The van der Waals surface area contributed by atoms with Crippen LogP contribution in [-0.4, -0.2) is 41.1 Å². The molecule has 162 valence electrons. The second-order valence-corrected chi connectivity index (χ2v) is 7.80. The van der Waals surface area contributed by atoms with Crippen molar-refractivity contribution in [3.63, 3.8) is 0 Å². The van der Waals surface area contributed by atoms with E-state index in [2.05, 4.69) is 0 Å². The Balaban J connectivity index is 1.79. The first-order valence-electron chi connectivity index (χ1n) is 10.4. The van der Waals surface area contributed by atoms with E-state index < -0.39 is 17.7 Å². The molecule has 0 aliphatic carbocycles. The van der Waals surface area contributed by atoms with Crippen LogP contribution in [0.1, 0.15) is 44.4 Å². The summed E-state index contributed by atoms with van der Waals surface area (Å²) in [6.45, 7) is 6.32. The van der Waals surface area contributed by atoms with Gasteiger partial charge in [-0.2, -0.15) is 0 Å². The van der Waals surface area contributed by atoms with Crippen molar-refractivity contribution in [2.24, 2.45) is 0 Å². The van der Waals surface area contributed by atoms with Crippen molar-refractivity contribution in [1.82, 2.24) is 4.90 Å². The minimum absolute atomic E-state index is 0.0302. The number of ether oxygens (including phenoxy) is 3. The standard InChI is InChI=1S/C24H25NO6/c1-4-11-25-21(15-5-8-17(9-6-15)31-14(2)3)20(23(27)24(25)28)22(26)16-7-10-18-19(12-16)30-13-29-18/h5-10,12,14,21,26H,4,11,13H2,1-3H3/b22-20-. The fourth-order valence-corrected chi connectivity index (χ4v) is 3.90. The van der Waals surface area contributed by atoms with Gasteiger partial charge in [-0.3, -0.25) is 9.59 Å². The number of benzene rings is 2. The van der Waals surface area contributed by atoms with E-state index in [-0.39, 0.29) is 24.2 Å². The van der Waals surface area contributed by atoms with Crippen molar-refractivity contribution < 1.29 is 28.9 Å². The van der Waals surface area contributed by atoms with Crippen LogP contribution in [0.4, 0.5) is 0 Å². The minimum atomic E-state index is -0.698. The highest BCUT2D eigenvalue weighted by Gasteiger charge is 2.45. The number of carbonyl (C=O) groups is 2. The molecule has 2 aromatic rings. The Labute approximate surface area is 180 Å². The van der Waals surface area contributed by atoms with E-state index in [0.29, 0.717) is 35.8 Å². The highest BCUT2D eigenvalue weighted by Crippen LogP contribution is 2.41. The van der Waals surface area contributed by atoms with Gasteiger partial charge >= 0.3 is 0 Å². The van der Waals surface area contributed by atoms with E-state index in [1.54, 1.807) is 18.2 Å². The van der Waals surface area contributed by atoms with Gasteiger partial charge in [0.25, 0.3) is 11.7 Å². The molecule has 7 nitrogen and oxygen atoms in total. The third kappa shape index (κ3) is 3.83. The Bertz CT molecular complexity index is 1040. The number of nitrogens with zero attached hydrogens (tertiary/aromatic N) is 1. The predicted molar refractivity (Wildman–Crippen MR) is 114 cm³/mol. The Hall–Kier alpha value is -3.48. The van der Waals surface area contributed by atoms with Crippen molar-refractivity contribution >= 4 is 17.4 Å². The number of ketones is 1. The Kier molecular flexibility index (Phi) is 5.59. The molecular weight excluding hydrogens is 398 g/mol. The number of aliphatic hydroxyl groups excluding tert-OH is 1. The van der Waals surface area contributed by atoms with E-state index in [1.165, 1.54) is 4.90 Å². The van der Waals surface area contributed by atoms with E-state index >= 15 is 0 Å². The monoisotopic (exact) mass is 423 g/mol. The molecule has 0 bridgehead atoms. The molecule has 7 heteroatoms. The molecule has 1 fully saturated rings. The first-order valence-corrected chi connectivity index (χ1v) is 10.4. The lowest BCUT2D eigenvalue weighted by molar-refractivity contribution is -0.139. The molecule has 2 aliphatic heterocycles. The molecule has 1 N–H and O–H groups in total. The highest BCUT2D eigenvalue weighted by molar-refractivity contribution is 6.46. The molecule has 1 amide bonds. The number of rotatable bonds is 6. The molecule has 0 radical (unpaired) electrons. The molecule has 0 saturated carbocycles. The number of hydrogen-bond acceptors (Lipinski definition) is 6. The van der Waals surface area contributed by atoms with Crippen LogP contribution in [0.15, 0.2) is 48.0 Å². The van der Waals surface area contributed by atoms with Gasteiger partial charge in [0.15, 0.2) is 11.5 Å². The maximum Gasteiger partial charge on any atom is 0.295 e. The van der Waals surface area contributed by atoms with Gasteiger partial charge in [-0.25, -0.2) is 0 Å². The third-order valence-electron chi connectivity index (χ3n) is 5.22. The summed E-state index contributed by atoms with van der Waals surface area (Å²) < 4.78 is 16.4. The first kappa shape index (κ1) is 20.8. The Morgan fingerprint density at radius 3 is 2.52 bits per heavy atom. The number of hydrogen-bond donors (Lipinski definition) is 1. The normalized spacial score (nSPS) is 19.4. The number of Topliss-reactive ketones (excluding diaryl/α,β-unsaturated/α-hetero) is 1. The molecule has 0 aromatic heterocycles. The molecular formula is C24H25NO6. The summed E-state index contributed by atoms with van der Waals surface area (Å²) in [5.41, 5.74) is 1.18. The maximum atomic E-state index is 12.9. The quantitative estimate of drug-likeness (QED) is 0.429. The lowest BCUT2D eigenvalue weighted by atomic mass is 9.95. The maximum absolute atomic E-state index is 12.9. The zero-order valence-electron chi connectivity index (χ0n) is 17.8. The molecule has 31 heavy (non-hydrogen) atoms. The second kappa shape index (κ2) is 8.34. The van der Waals surface area contributed by atoms with Crippen LogP contribution in [0.3, 0.4) is 0 Å². The van der Waals surface area contributed by atoms with Crippen LogP contribution < -0.4 is 14.2 Å². The number of carbonyl (C=O) groups excluding carboxylic acids is 2. The van der Waals surface area contributed by atoms with Crippen molar-refractivity contribution in [3.05, 3.63) is 59.2 Å². The van der Waals surface area contributed by atoms with Gasteiger partial charge in [-0.15, -0.1) is 0 Å². The molecule has 2 aromatic carbocycles. The van der Waals surface area contributed by atoms with Gasteiger partial charge in [0.05, 0.1) is 17.7 Å². The summed E-state index contributed by atoms with van der Waals surface area (Å²) in [4.78, 5) is 27.2. The molecule has 4 rings (SSSR count). The van der Waals surface area contributed by atoms with Gasteiger partial charge in [-0.05, 0) is 56.2 Å². The topological polar surface area (TPSA) is 85.3 Å². The van der Waals surface area contributed by atoms with Crippen molar-refractivity contribution in [1.29, 1.82) is 0 Å². The number of amides is 1. The van der Waals surface area contributed by atoms with Gasteiger partial charge < -0.3 is 24.2 Å². The molecule has 2 aliphatic rings. The molecule has 1 unspecified atom stereocenters. The van der Waals surface area contributed by atoms with Gasteiger partial charge in [0.1, 0.15) is 11.5 Å². The zero-order chi connectivity index (χ0) is 22.1. The van der Waals surface area contributed by atoms with Crippen LogP contribution in [0, 0.1) is 0 Å².